The highest BCUT2D eigenvalue weighted by Crippen LogP contribution is 2.60. The van der Waals surface area contributed by atoms with Crippen LogP contribution >= 0.6 is 22.7 Å². The number of halogens is 4. The Kier molecular flexibility index (Phi) is 9.39. The van der Waals surface area contributed by atoms with Gasteiger partial charge in [0, 0.05) is 55.7 Å². The Bertz CT molecular complexity index is 3170. The smallest absolute Gasteiger partial charge is 0.234 e. The summed E-state index contributed by atoms with van der Waals surface area (Å²) in [6.07, 6.45) is 11.0. The Morgan fingerprint density at radius 1 is 0.530 bits per heavy atom. The molecule has 4 aliphatic carbocycles. The lowest BCUT2D eigenvalue weighted by molar-refractivity contribution is 0.0162. The normalized spacial score (nSPS) is 19.1. The van der Waals surface area contributed by atoms with E-state index in [4.69, 9.17) is 19.4 Å². The molecule has 0 unspecified atom stereocenters. The molecule has 322 valence electrons. The van der Waals surface area contributed by atoms with E-state index >= 15 is 0 Å². The molecule has 3 aromatic carbocycles. The van der Waals surface area contributed by atoms with Gasteiger partial charge in [-0.15, -0.1) is 22.7 Å². The predicted molar refractivity (Wildman–Crippen MR) is 233 cm³/mol. The van der Waals surface area contributed by atoms with Crippen LogP contribution in [0.3, 0.4) is 0 Å². The second-order valence-electron chi connectivity index (χ2n) is 17.0. The second kappa shape index (κ2) is 15.0. The molecular weight excluding hydrogens is 889 g/mol. The number of ketones is 2. The summed E-state index contributed by atoms with van der Waals surface area (Å²) in [6, 6.07) is 14.6. The fourth-order valence-electron chi connectivity index (χ4n) is 10.5. The number of ether oxygens (including phenoxy) is 2. The number of rotatable bonds is 2. The van der Waals surface area contributed by atoms with Gasteiger partial charge in [0.05, 0.1) is 9.75 Å². The van der Waals surface area contributed by atoms with Gasteiger partial charge in [-0.2, -0.15) is 21.0 Å². The molecule has 10 nitrogen and oxygen atoms in total. The van der Waals surface area contributed by atoms with Gasteiger partial charge in [0.15, 0.2) is 34.8 Å². The molecule has 2 saturated carbocycles. The lowest BCUT2D eigenvalue weighted by atomic mass is 9.71. The van der Waals surface area contributed by atoms with Crippen molar-refractivity contribution in [1.82, 2.24) is 9.97 Å². The Balaban J connectivity index is 1.08. The Morgan fingerprint density at radius 2 is 0.879 bits per heavy atom. The maximum Gasteiger partial charge on any atom is 0.234 e. The number of allylic oxidation sites excluding steroid dienone is 6. The van der Waals surface area contributed by atoms with Gasteiger partial charge < -0.3 is 9.47 Å². The lowest BCUT2D eigenvalue weighted by Crippen LogP contribution is -2.40. The number of fused-ring (bicyclic) bond motifs is 10. The third kappa shape index (κ3) is 5.99. The van der Waals surface area contributed by atoms with Crippen molar-refractivity contribution in [2.45, 2.75) is 75.4 Å². The van der Waals surface area contributed by atoms with Crippen LogP contribution in [-0.4, -0.2) is 21.5 Å². The van der Waals surface area contributed by atoms with Gasteiger partial charge in [-0.3, -0.25) is 9.59 Å². The molecular formula is C50H28F4N6O4S2. The van der Waals surface area contributed by atoms with Gasteiger partial charge in [-0.1, -0.05) is 12.8 Å². The van der Waals surface area contributed by atoms with Crippen molar-refractivity contribution in [3.63, 3.8) is 0 Å². The van der Waals surface area contributed by atoms with E-state index in [1.54, 1.807) is 24.3 Å². The van der Waals surface area contributed by atoms with Crippen molar-refractivity contribution < 1.29 is 36.6 Å². The summed E-state index contributed by atoms with van der Waals surface area (Å²) in [5.74, 6) is -5.63. The first kappa shape index (κ1) is 41.2. The minimum atomic E-state index is -1.24. The Hall–Kier alpha value is -7.50. The molecule has 0 bridgehead atoms. The van der Waals surface area contributed by atoms with E-state index in [2.05, 4.69) is 12.1 Å². The number of thiazole rings is 2. The van der Waals surface area contributed by atoms with Crippen LogP contribution < -0.4 is 9.47 Å². The molecule has 0 atom stereocenters. The van der Waals surface area contributed by atoms with Gasteiger partial charge in [0.1, 0.15) is 56.6 Å². The van der Waals surface area contributed by atoms with Crippen LogP contribution in [0.2, 0.25) is 0 Å². The maximum absolute atomic E-state index is 14.5. The topological polar surface area (TPSA) is 174 Å². The van der Waals surface area contributed by atoms with Crippen LogP contribution in [0.25, 0.3) is 44.2 Å². The quantitative estimate of drug-likeness (QED) is 0.0942. The highest BCUT2D eigenvalue weighted by molar-refractivity contribution is 7.16. The number of nitrogens with zero attached hydrogens (tertiary/aromatic N) is 6. The molecule has 2 spiro atoms. The molecule has 2 aliphatic heterocycles. The molecule has 0 N–H and O–H groups in total. The molecule has 16 heteroatoms. The van der Waals surface area contributed by atoms with Crippen molar-refractivity contribution >= 4 is 57.5 Å². The number of aromatic nitrogens is 2. The third-order valence-corrected chi connectivity index (χ3v) is 15.5. The first-order valence-corrected chi connectivity index (χ1v) is 22.8. The van der Waals surface area contributed by atoms with E-state index in [-0.39, 0.29) is 44.5 Å². The number of carbonyl (C=O) groups is 2. The van der Waals surface area contributed by atoms with E-state index in [9.17, 15) is 48.2 Å². The molecule has 5 aromatic rings. The molecule has 2 aromatic heterocycles. The summed E-state index contributed by atoms with van der Waals surface area (Å²) >= 11 is 2.47. The zero-order valence-electron chi connectivity index (χ0n) is 34.3. The largest absolute Gasteiger partial charge is 0.465 e. The second-order valence-corrected chi connectivity index (χ2v) is 19.0. The molecule has 0 radical (unpaired) electrons. The SMILES string of the molecule is N#CC(C#N)=C1/C(=C/c2nc3c(s2)-c2cc4c(cc2C2(CCCCC2)O3)-c2sc(/C=C3\C(=O)c5cc(F)c(F)cc5C3=C(C#N)C#N)nc2OC42CCCCC2)C(=O)c2cc(F)c(F)cc21. The van der Waals surface area contributed by atoms with E-state index in [1.165, 1.54) is 34.8 Å². The summed E-state index contributed by atoms with van der Waals surface area (Å²) < 4.78 is 71.9. The average molecular weight is 917 g/mol. The van der Waals surface area contributed by atoms with Crippen molar-refractivity contribution in [1.29, 1.82) is 21.0 Å². The fourth-order valence-corrected chi connectivity index (χ4v) is 12.4. The van der Waals surface area contributed by atoms with Crippen molar-refractivity contribution in [2.75, 3.05) is 0 Å². The summed E-state index contributed by atoms with van der Waals surface area (Å²) in [6.45, 7) is 0. The molecule has 4 heterocycles. The zero-order valence-corrected chi connectivity index (χ0v) is 36.0. The third-order valence-electron chi connectivity index (χ3n) is 13.4. The average Bonchev–Trinajstić information content (AvgIpc) is 4.05. The van der Waals surface area contributed by atoms with Crippen LogP contribution in [0.5, 0.6) is 11.8 Å². The van der Waals surface area contributed by atoms with Gasteiger partial charge in [0.2, 0.25) is 11.8 Å². The number of benzene rings is 3. The molecule has 0 amide bonds. The van der Waals surface area contributed by atoms with Gasteiger partial charge >= 0.3 is 0 Å². The van der Waals surface area contributed by atoms with Crippen molar-refractivity contribution in [3.05, 3.63) is 125 Å². The van der Waals surface area contributed by atoms with Crippen molar-refractivity contribution in [3.8, 4) is 56.9 Å². The maximum atomic E-state index is 14.5. The summed E-state index contributed by atoms with van der Waals surface area (Å²) in [7, 11) is 0. The number of hydrogen-bond acceptors (Lipinski definition) is 12. The minimum Gasteiger partial charge on any atom is -0.465 e. The molecule has 6 aliphatic rings. The number of Topliss-reactive ketones (excluding diaryl/α,β-unsaturated/α-hetero) is 2. The van der Waals surface area contributed by atoms with Crippen LogP contribution in [-0.2, 0) is 11.2 Å². The van der Waals surface area contributed by atoms with Gasteiger partial charge in [-0.05, 0) is 111 Å². The highest BCUT2D eigenvalue weighted by Gasteiger charge is 2.49. The van der Waals surface area contributed by atoms with Crippen LogP contribution in [0.4, 0.5) is 17.6 Å². The monoisotopic (exact) mass is 916 g/mol. The molecule has 0 saturated heterocycles. The summed E-state index contributed by atoms with van der Waals surface area (Å²) in [5, 5.41) is 40.1. The standard InChI is InChI=1S/C50H28F4N6O4S2/c51-35-13-25-27(15-37(35)53)43(61)31(41(25)23(19-55)20-56)17-39-59-47-45(65-39)29-12-34-30(11-33(29)49(63-47)7-3-1-4-8-49)46-48(64-50(34)9-5-2-6-10-50)60-40(66-46)18-32-42(24(21-57)22-58)26-14-36(52)38(54)16-28(26)44(32)62/h11-18H,1-10H2/b31-17-,32-18-. The zero-order chi connectivity index (χ0) is 45.8. The van der Waals surface area contributed by atoms with E-state index in [0.717, 1.165) is 85.0 Å². The lowest BCUT2D eigenvalue weighted by Gasteiger charge is -2.45. The molecule has 2 fully saturated rings. The summed E-state index contributed by atoms with van der Waals surface area (Å²) in [5.41, 5.74) is 0.201. The fraction of sp³-hybridized carbons (Fsp3) is 0.240. The number of hydrogen-bond donors (Lipinski definition) is 0. The van der Waals surface area contributed by atoms with E-state index in [1.807, 2.05) is 0 Å². The first-order valence-electron chi connectivity index (χ1n) is 21.1. The number of carbonyl (C=O) groups excluding carboxylic acids is 2. The highest BCUT2D eigenvalue weighted by atomic mass is 32.1. The Labute approximate surface area is 381 Å². The first-order chi connectivity index (χ1) is 31.9. The van der Waals surface area contributed by atoms with Crippen LogP contribution in [0.15, 0.2) is 58.7 Å². The van der Waals surface area contributed by atoms with E-state index < -0.39 is 57.2 Å². The number of nitriles is 4. The molecule has 11 rings (SSSR count). The molecule has 66 heavy (non-hydrogen) atoms. The van der Waals surface area contributed by atoms with Crippen LogP contribution in [0.1, 0.15) is 117 Å². The van der Waals surface area contributed by atoms with E-state index in [0.29, 0.717) is 57.2 Å². The van der Waals surface area contributed by atoms with Crippen molar-refractivity contribution in [2.24, 2.45) is 0 Å². The predicted octanol–water partition coefficient (Wildman–Crippen LogP) is 11.8. The van der Waals surface area contributed by atoms with Gasteiger partial charge in [-0.25, -0.2) is 27.5 Å². The van der Waals surface area contributed by atoms with Gasteiger partial charge in [0.25, 0.3) is 0 Å². The Morgan fingerprint density at radius 3 is 1.23 bits per heavy atom. The summed E-state index contributed by atoms with van der Waals surface area (Å²) in [4.78, 5) is 38.8. The van der Waals surface area contributed by atoms with Crippen LogP contribution in [0, 0.1) is 68.6 Å². The minimum absolute atomic E-state index is 0.0600.